The molecule has 3 aromatic carbocycles. The van der Waals surface area contributed by atoms with Gasteiger partial charge in [0.05, 0.1) is 5.69 Å². The minimum Gasteiger partial charge on any atom is -0.382 e. The Kier molecular flexibility index (Phi) is 5.84. The van der Waals surface area contributed by atoms with E-state index < -0.39 is 18.1 Å². The number of rotatable bonds is 7. The quantitative estimate of drug-likeness (QED) is 0.494. The highest BCUT2D eigenvalue weighted by Gasteiger charge is 2.22. The number of carbonyl (C=O) groups is 1. The first kappa shape index (κ1) is 17.9. The van der Waals surface area contributed by atoms with Crippen LogP contribution in [-0.4, -0.2) is 23.2 Å². The molecule has 0 aliphatic carbocycles. The number of hydrogen-bond acceptors (Lipinski definition) is 4. The van der Waals surface area contributed by atoms with Crippen molar-refractivity contribution >= 4 is 22.4 Å². The zero-order chi connectivity index (χ0) is 18.4. The van der Waals surface area contributed by atoms with Crippen LogP contribution in [0.2, 0.25) is 0 Å². The van der Waals surface area contributed by atoms with Crippen LogP contribution in [0.15, 0.2) is 72.8 Å². The number of nitrogens with two attached hydrogens (primary N) is 1. The summed E-state index contributed by atoms with van der Waals surface area (Å²) >= 11 is 0. The molecule has 0 bridgehead atoms. The van der Waals surface area contributed by atoms with E-state index in [-0.39, 0.29) is 0 Å². The summed E-state index contributed by atoms with van der Waals surface area (Å²) in [5, 5.41) is 12.2. The average molecular weight is 349 g/mol. The largest absolute Gasteiger partial charge is 0.382 e. The van der Waals surface area contributed by atoms with Gasteiger partial charge in [0.25, 0.3) is 5.91 Å². The Bertz CT molecular complexity index is 862. The first-order valence-corrected chi connectivity index (χ1v) is 8.66. The molecule has 1 amide bonds. The summed E-state index contributed by atoms with van der Waals surface area (Å²) in [5.41, 5.74) is 13.3. The molecule has 5 heteroatoms. The van der Waals surface area contributed by atoms with E-state index in [9.17, 15) is 9.90 Å². The van der Waals surface area contributed by atoms with E-state index in [1.54, 1.807) is 0 Å². The maximum Gasteiger partial charge on any atom is 0.268 e. The number of hydrogen-bond donors (Lipinski definition) is 4. The molecule has 0 saturated carbocycles. The van der Waals surface area contributed by atoms with E-state index in [0.29, 0.717) is 12.8 Å². The molecule has 0 aliphatic rings. The van der Waals surface area contributed by atoms with Crippen LogP contribution in [0, 0.1) is 0 Å². The van der Waals surface area contributed by atoms with Crippen molar-refractivity contribution in [1.29, 1.82) is 0 Å². The number of aliphatic hydroxyl groups is 1. The molecule has 134 valence electrons. The molecule has 3 rings (SSSR count). The van der Waals surface area contributed by atoms with Crippen LogP contribution in [-0.2, 0) is 11.2 Å². The highest BCUT2D eigenvalue weighted by atomic mass is 16.3. The second kappa shape index (κ2) is 8.47. The van der Waals surface area contributed by atoms with Crippen LogP contribution < -0.4 is 16.6 Å². The summed E-state index contributed by atoms with van der Waals surface area (Å²) in [5.74, 6) is -0.543. The van der Waals surface area contributed by atoms with E-state index in [1.807, 2.05) is 72.8 Å². The fourth-order valence-electron chi connectivity index (χ4n) is 2.87. The summed E-state index contributed by atoms with van der Waals surface area (Å²) in [7, 11) is 0. The zero-order valence-corrected chi connectivity index (χ0v) is 14.4. The highest BCUT2D eigenvalue weighted by molar-refractivity contribution is 5.94. The molecular weight excluding hydrogens is 326 g/mol. The van der Waals surface area contributed by atoms with E-state index in [1.165, 1.54) is 0 Å². The monoisotopic (exact) mass is 349 g/mol. The molecule has 0 aliphatic heterocycles. The topological polar surface area (TPSA) is 87.4 Å². The molecular formula is C21H23N3O2. The van der Waals surface area contributed by atoms with Crippen molar-refractivity contribution in [3.8, 4) is 0 Å². The number of carbonyl (C=O) groups excluding carboxylic acids is 1. The highest BCUT2D eigenvalue weighted by Crippen LogP contribution is 2.22. The van der Waals surface area contributed by atoms with Gasteiger partial charge < -0.3 is 10.8 Å². The molecule has 2 atom stereocenters. The number of anilines is 1. The number of fused-ring (bicyclic) bond motifs is 1. The van der Waals surface area contributed by atoms with Gasteiger partial charge in [0, 0.05) is 11.4 Å². The third-order valence-electron chi connectivity index (χ3n) is 4.39. The van der Waals surface area contributed by atoms with Crippen LogP contribution in [0.4, 0.5) is 5.69 Å². The predicted molar refractivity (Wildman–Crippen MR) is 104 cm³/mol. The minimum absolute atomic E-state index is 0.521. The first-order valence-electron chi connectivity index (χ1n) is 8.66. The van der Waals surface area contributed by atoms with Gasteiger partial charge in [-0.2, -0.15) is 0 Å². The normalized spacial score (nSPS) is 13.2. The second-order valence-electron chi connectivity index (χ2n) is 6.27. The summed E-state index contributed by atoms with van der Waals surface area (Å²) in [6.07, 6.45) is -0.0446. The SMILES string of the molecule is N[C@H](CCc1ccccc1)[C@H](O)C(=O)NNc1cccc2ccccc12. The lowest BCUT2D eigenvalue weighted by atomic mass is 10.0. The van der Waals surface area contributed by atoms with Crippen LogP contribution in [0.25, 0.3) is 10.8 Å². The number of benzene rings is 3. The second-order valence-corrected chi connectivity index (χ2v) is 6.27. The van der Waals surface area contributed by atoms with E-state index in [4.69, 9.17) is 5.73 Å². The number of hydrazine groups is 1. The predicted octanol–water partition coefficient (Wildman–Crippen LogP) is 2.60. The van der Waals surface area contributed by atoms with Crippen molar-refractivity contribution < 1.29 is 9.90 Å². The van der Waals surface area contributed by atoms with Crippen molar-refractivity contribution in [2.45, 2.75) is 25.0 Å². The summed E-state index contributed by atoms with van der Waals surface area (Å²) in [6, 6.07) is 22.8. The van der Waals surface area contributed by atoms with Gasteiger partial charge in [-0.1, -0.05) is 66.7 Å². The number of nitrogens with one attached hydrogen (secondary N) is 2. The third kappa shape index (κ3) is 4.39. The van der Waals surface area contributed by atoms with Gasteiger partial charge in [0.2, 0.25) is 0 Å². The first-order chi connectivity index (χ1) is 12.6. The molecule has 0 aromatic heterocycles. The lowest BCUT2D eigenvalue weighted by Crippen LogP contribution is -2.48. The Labute approximate surface area is 152 Å². The molecule has 0 saturated heterocycles. The van der Waals surface area contributed by atoms with Crippen LogP contribution >= 0.6 is 0 Å². The number of amides is 1. The van der Waals surface area contributed by atoms with Crippen LogP contribution in [0.1, 0.15) is 12.0 Å². The lowest BCUT2D eigenvalue weighted by Gasteiger charge is -2.19. The molecule has 26 heavy (non-hydrogen) atoms. The molecule has 3 aromatic rings. The summed E-state index contributed by atoms with van der Waals surface area (Å²) in [6.45, 7) is 0. The van der Waals surface area contributed by atoms with Gasteiger partial charge in [0.1, 0.15) is 6.10 Å². The standard InChI is InChI=1S/C21H23N3O2/c22-18(14-13-15-7-2-1-3-8-15)20(25)21(26)24-23-19-12-6-10-16-9-4-5-11-17(16)19/h1-12,18,20,23,25H,13-14,22H2,(H,24,26)/t18-,20+/m1/s1. The fourth-order valence-corrected chi connectivity index (χ4v) is 2.87. The number of aliphatic hydroxyl groups excluding tert-OH is 1. The average Bonchev–Trinajstić information content (AvgIpc) is 2.70. The van der Waals surface area contributed by atoms with Crippen LogP contribution in [0.5, 0.6) is 0 Å². The smallest absolute Gasteiger partial charge is 0.268 e. The molecule has 0 unspecified atom stereocenters. The fraction of sp³-hybridized carbons (Fsp3) is 0.190. The van der Waals surface area contributed by atoms with Gasteiger partial charge in [-0.3, -0.25) is 15.6 Å². The Morgan fingerprint density at radius 3 is 2.46 bits per heavy atom. The Morgan fingerprint density at radius 1 is 0.962 bits per heavy atom. The van der Waals surface area contributed by atoms with Crippen molar-refractivity contribution in [2.75, 3.05) is 5.43 Å². The number of aryl methyl sites for hydroxylation is 1. The Balaban J connectivity index is 1.55. The maximum absolute atomic E-state index is 12.2. The molecule has 0 radical (unpaired) electrons. The summed E-state index contributed by atoms with van der Waals surface area (Å²) < 4.78 is 0. The van der Waals surface area contributed by atoms with Gasteiger partial charge >= 0.3 is 0 Å². The lowest BCUT2D eigenvalue weighted by molar-refractivity contribution is -0.129. The van der Waals surface area contributed by atoms with E-state index >= 15 is 0 Å². The Hall–Kier alpha value is -2.89. The molecule has 0 fully saturated rings. The van der Waals surface area contributed by atoms with Crippen molar-refractivity contribution in [3.05, 3.63) is 78.4 Å². The van der Waals surface area contributed by atoms with Gasteiger partial charge in [-0.25, -0.2) is 0 Å². The molecule has 0 heterocycles. The zero-order valence-electron chi connectivity index (χ0n) is 14.4. The molecule has 0 spiro atoms. The van der Waals surface area contributed by atoms with E-state index in [2.05, 4.69) is 10.9 Å². The van der Waals surface area contributed by atoms with Gasteiger partial charge in [0.15, 0.2) is 0 Å². The van der Waals surface area contributed by atoms with Crippen molar-refractivity contribution in [3.63, 3.8) is 0 Å². The van der Waals surface area contributed by atoms with Crippen molar-refractivity contribution in [2.24, 2.45) is 5.73 Å². The van der Waals surface area contributed by atoms with E-state index in [0.717, 1.165) is 22.0 Å². The third-order valence-corrected chi connectivity index (χ3v) is 4.39. The van der Waals surface area contributed by atoms with Crippen molar-refractivity contribution in [1.82, 2.24) is 5.43 Å². The molecule has 5 nitrogen and oxygen atoms in total. The minimum atomic E-state index is -1.28. The van der Waals surface area contributed by atoms with Gasteiger partial charge in [-0.05, 0) is 29.9 Å². The maximum atomic E-state index is 12.2. The van der Waals surface area contributed by atoms with Gasteiger partial charge in [-0.15, -0.1) is 0 Å². The summed E-state index contributed by atoms with van der Waals surface area (Å²) in [4.78, 5) is 12.2. The Morgan fingerprint density at radius 2 is 1.65 bits per heavy atom. The van der Waals surface area contributed by atoms with Crippen LogP contribution in [0.3, 0.4) is 0 Å². The molecule has 5 N–H and O–H groups in total.